The lowest BCUT2D eigenvalue weighted by Gasteiger charge is -2.30. The average Bonchev–Trinajstić information content (AvgIpc) is 2.64. The van der Waals surface area contributed by atoms with Crippen LogP contribution in [-0.2, 0) is 11.3 Å². The summed E-state index contributed by atoms with van der Waals surface area (Å²) in [5.41, 5.74) is 2.40. The first-order valence-electron chi connectivity index (χ1n) is 7.85. The van der Waals surface area contributed by atoms with Gasteiger partial charge >= 0.3 is 0 Å². The maximum absolute atomic E-state index is 12.2. The fourth-order valence-electron chi connectivity index (χ4n) is 2.68. The number of benzene rings is 2. The van der Waals surface area contributed by atoms with E-state index in [1.54, 1.807) is 49.2 Å². The maximum Gasteiger partial charge on any atom is 0.267 e. The van der Waals surface area contributed by atoms with Crippen LogP contribution in [0.1, 0.15) is 28.4 Å². The van der Waals surface area contributed by atoms with Crippen LogP contribution < -0.4 is 15.0 Å². The molecule has 0 radical (unpaired) electrons. The van der Waals surface area contributed by atoms with E-state index in [-0.39, 0.29) is 11.8 Å². The third kappa shape index (κ3) is 3.31. The Kier molecular flexibility index (Phi) is 4.40. The summed E-state index contributed by atoms with van der Waals surface area (Å²) in [6.45, 7) is 2.02. The van der Waals surface area contributed by atoms with Crippen LogP contribution in [-0.4, -0.2) is 25.0 Å². The van der Waals surface area contributed by atoms with E-state index in [9.17, 15) is 9.59 Å². The summed E-state index contributed by atoms with van der Waals surface area (Å²) < 4.78 is 5.58. The number of carbonyl (C=O) groups excluding carboxylic acids is 2. The number of anilines is 1. The molecule has 0 saturated carbocycles. The smallest absolute Gasteiger partial charge is 0.267 e. The van der Waals surface area contributed by atoms with E-state index < -0.39 is 6.10 Å². The molecule has 2 aromatic carbocycles. The highest BCUT2D eigenvalue weighted by molar-refractivity contribution is 5.99. The van der Waals surface area contributed by atoms with E-state index in [4.69, 9.17) is 10.00 Å². The number of hydrogen-bond acceptors (Lipinski definition) is 4. The molecule has 1 aliphatic heterocycles. The number of amides is 2. The number of nitrogens with zero attached hydrogens (tertiary/aromatic N) is 2. The Balaban J connectivity index is 1.73. The van der Waals surface area contributed by atoms with Gasteiger partial charge in [0, 0.05) is 19.2 Å². The van der Waals surface area contributed by atoms with Crippen molar-refractivity contribution in [3.63, 3.8) is 0 Å². The Labute approximate surface area is 145 Å². The van der Waals surface area contributed by atoms with E-state index in [2.05, 4.69) is 5.32 Å². The summed E-state index contributed by atoms with van der Waals surface area (Å²) in [5, 5.41) is 11.7. The molecule has 126 valence electrons. The first kappa shape index (κ1) is 16.5. The largest absolute Gasteiger partial charge is 0.479 e. The predicted octanol–water partition coefficient (Wildman–Crippen LogP) is 2.23. The molecule has 6 heteroatoms. The van der Waals surface area contributed by atoms with Crippen LogP contribution in [0, 0.1) is 11.3 Å². The minimum Gasteiger partial charge on any atom is -0.479 e. The van der Waals surface area contributed by atoms with Crippen molar-refractivity contribution in [1.82, 2.24) is 5.32 Å². The zero-order chi connectivity index (χ0) is 18.0. The maximum atomic E-state index is 12.2. The van der Waals surface area contributed by atoms with E-state index in [1.807, 2.05) is 18.2 Å². The van der Waals surface area contributed by atoms with Gasteiger partial charge in [0.1, 0.15) is 5.75 Å². The van der Waals surface area contributed by atoms with Crippen molar-refractivity contribution in [2.45, 2.75) is 19.6 Å². The predicted molar refractivity (Wildman–Crippen MR) is 92.3 cm³/mol. The molecule has 0 spiro atoms. The molecule has 1 aliphatic rings. The second-order valence-corrected chi connectivity index (χ2v) is 5.83. The topological polar surface area (TPSA) is 82.4 Å². The SMILES string of the molecule is CC1Oc2ccc(CNC(=O)c3cccc(C#N)c3)cc2N(C)C1=O. The van der Waals surface area contributed by atoms with Gasteiger partial charge in [0.05, 0.1) is 17.3 Å². The fraction of sp³-hybridized carbons (Fsp3) is 0.211. The molecule has 1 unspecified atom stereocenters. The number of ether oxygens (including phenoxy) is 1. The second kappa shape index (κ2) is 6.65. The molecule has 2 aromatic rings. The van der Waals surface area contributed by atoms with Gasteiger partial charge in [-0.2, -0.15) is 5.26 Å². The van der Waals surface area contributed by atoms with Crippen LogP contribution >= 0.6 is 0 Å². The molecule has 2 amide bonds. The normalized spacial score (nSPS) is 15.8. The van der Waals surface area contributed by atoms with Gasteiger partial charge in [-0.1, -0.05) is 12.1 Å². The first-order valence-corrected chi connectivity index (χ1v) is 7.85. The van der Waals surface area contributed by atoms with E-state index in [0.29, 0.717) is 29.1 Å². The summed E-state index contributed by atoms with van der Waals surface area (Å²) in [7, 11) is 1.70. The molecule has 0 fully saturated rings. The Morgan fingerprint density at radius 1 is 1.32 bits per heavy atom. The average molecular weight is 335 g/mol. The Morgan fingerprint density at radius 2 is 2.12 bits per heavy atom. The molecule has 25 heavy (non-hydrogen) atoms. The molecule has 0 aromatic heterocycles. The van der Waals surface area contributed by atoms with Crippen molar-refractivity contribution in [3.05, 3.63) is 59.2 Å². The van der Waals surface area contributed by atoms with E-state index in [0.717, 1.165) is 5.56 Å². The lowest BCUT2D eigenvalue weighted by atomic mass is 10.1. The van der Waals surface area contributed by atoms with Crippen LogP contribution in [0.15, 0.2) is 42.5 Å². The lowest BCUT2D eigenvalue weighted by Crippen LogP contribution is -2.42. The molecule has 0 bridgehead atoms. The summed E-state index contributed by atoms with van der Waals surface area (Å²) in [6.07, 6.45) is -0.504. The number of nitriles is 1. The molecule has 6 nitrogen and oxygen atoms in total. The van der Waals surface area contributed by atoms with Crippen LogP contribution in [0.25, 0.3) is 0 Å². The molecule has 0 aliphatic carbocycles. The molecular formula is C19H17N3O3. The van der Waals surface area contributed by atoms with Gasteiger partial charge in [-0.25, -0.2) is 0 Å². The summed E-state index contributed by atoms with van der Waals surface area (Å²) >= 11 is 0. The van der Waals surface area contributed by atoms with E-state index >= 15 is 0 Å². The highest BCUT2D eigenvalue weighted by Crippen LogP contribution is 2.33. The van der Waals surface area contributed by atoms with Gasteiger partial charge in [0.15, 0.2) is 6.10 Å². The van der Waals surface area contributed by atoms with Gasteiger partial charge in [0.2, 0.25) is 0 Å². The Hall–Kier alpha value is -3.33. The first-order chi connectivity index (χ1) is 12.0. The molecule has 0 saturated heterocycles. The highest BCUT2D eigenvalue weighted by atomic mass is 16.5. The number of rotatable bonds is 3. The Bertz CT molecular complexity index is 886. The zero-order valence-electron chi connectivity index (χ0n) is 13.9. The summed E-state index contributed by atoms with van der Waals surface area (Å²) in [4.78, 5) is 25.8. The number of carbonyl (C=O) groups is 2. The molecular weight excluding hydrogens is 318 g/mol. The van der Waals surface area contributed by atoms with Crippen LogP contribution in [0.4, 0.5) is 5.69 Å². The van der Waals surface area contributed by atoms with Gasteiger partial charge in [-0.3, -0.25) is 9.59 Å². The Morgan fingerprint density at radius 3 is 2.88 bits per heavy atom. The number of fused-ring (bicyclic) bond motifs is 1. The highest BCUT2D eigenvalue weighted by Gasteiger charge is 2.28. The van der Waals surface area contributed by atoms with Gasteiger partial charge in [-0.15, -0.1) is 0 Å². The van der Waals surface area contributed by atoms with Crippen molar-refractivity contribution in [1.29, 1.82) is 5.26 Å². The lowest BCUT2D eigenvalue weighted by molar-refractivity contribution is -0.125. The minimum absolute atomic E-state index is 0.109. The number of likely N-dealkylation sites (N-methyl/N-ethyl adjacent to an activating group) is 1. The molecule has 3 rings (SSSR count). The fourth-order valence-corrected chi connectivity index (χ4v) is 2.68. The van der Waals surface area contributed by atoms with Crippen molar-refractivity contribution in [2.24, 2.45) is 0 Å². The summed E-state index contributed by atoms with van der Waals surface area (Å²) in [5.74, 6) is 0.275. The molecule has 1 N–H and O–H groups in total. The standard InChI is InChI=1S/C19H17N3O3/c1-12-19(24)22(2)16-9-14(6-7-17(16)25-12)11-21-18(23)15-5-3-4-13(8-15)10-20/h3-9,12H,11H2,1-2H3,(H,21,23). The third-order valence-electron chi connectivity index (χ3n) is 4.07. The van der Waals surface area contributed by atoms with Gasteiger partial charge in [0.25, 0.3) is 11.8 Å². The van der Waals surface area contributed by atoms with Crippen LogP contribution in [0.5, 0.6) is 5.75 Å². The van der Waals surface area contributed by atoms with Gasteiger partial charge < -0.3 is 15.0 Å². The zero-order valence-corrected chi connectivity index (χ0v) is 13.9. The third-order valence-corrected chi connectivity index (χ3v) is 4.07. The van der Waals surface area contributed by atoms with Crippen molar-refractivity contribution in [2.75, 3.05) is 11.9 Å². The van der Waals surface area contributed by atoms with Gasteiger partial charge in [-0.05, 0) is 42.8 Å². The number of nitrogens with one attached hydrogen (secondary N) is 1. The van der Waals surface area contributed by atoms with Crippen molar-refractivity contribution < 1.29 is 14.3 Å². The summed E-state index contributed by atoms with van der Waals surface area (Å²) in [6, 6.07) is 14.0. The van der Waals surface area contributed by atoms with Crippen LogP contribution in [0.2, 0.25) is 0 Å². The van der Waals surface area contributed by atoms with Crippen molar-refractivity contribution >= 4 is 17.5 Å². The monoisotopic (exact) mass is 335 g/mol. The molecule has 1 atom stereocenters. The minimum atomic E-state index is -0.504. The van der Waals surface area contributed by atoms with Crippen molar-refractivity contribution in [3.8, 4) is 11.8 Å². The van der Waals surface area contributed by atoms with Crippen LogP contribution in [0.3, 0.4) is 0 Å². The second-order valence-electron chi connectivity index (χ2n) is 5.83. The quantitative estimate of drug-likeness (QED) is 0.932. The number of hydrogen-bond donors (Lipinski definition) is 1. The molecule has 1 heterocycles. The van der Waals surface area contributed by atoms with E-state index in [1.165, 1.54) is 0 Å².